The van der Waals surface area contributed by atoms with Gasteiger partial charge in [-0.2, -0.15) is 5.10 Å². The number of anilines is 2. The number of halogens is 1. The summed E-state index contributed by atoms with van der Waals surface area (Å²) in [5.41, 5.74) is 2.58. The van der Waals surface area contributed by atoms with Crippen molar-refractivity contribution in [2.75, 3.05) is 10.6 Å². The lowest BCUT2D eigenvalue weighted by Gasteiger charge is -2.07. The van der Waals surface area contributed by atoms with E-state index in [1.807, 2.05) is 24.3 Å². The van der Waals surface area contributed by atoms with E-state index in [0.717, 1.165) is 5.56 Å². The maximum Gasteiger partial charge on any atom is 0.258 e. The number of rotatable bonds is 6. The molecule has 3 aromatic rings. The predicted molar refractivity (Wildman–Crippen MR) is 106 cm³/mol. The molecule has 0 atom stereocenters. The third-order valence-electron chi connectivity index (χ3n) is 3.91. The van der Waals surface area contributed by atoms with Crippen LogP contribution in [0.5, 0.6) is 0 Å². The summed E-state index contributed by atoms with van der Waals surface area (Å²) >= 11 is 6.16. The van der Waals surface area contributed by atoms with Crippen molar-refractivity contribution in [1.82, 2.24) is 9.78 Å². The molecule has 0 aliphatic carbocycles. The van der Waals surface area contributed by atoms with E-state index in [2.05, 4.69) is 15.7 Å². The van der Waals surface area contributed by atoms with Crippen LogP contribution >= 0.6 is 11.6 Å². The van der Waals surface area contributed by atoms with Gasteiger partial charge in [0.2, 0.25) is 5.91 Å². The van der Waals surface area contributed by atoms with Crippen LogP contribution in [0.1, 0.15) is 29.3 Å². The molecule has 6 nitrogen and oxygen atoms in total. The molecule has 27 heavy (non-hydrogen) atoms. The standard InChI is InChI=1S/C20H19ClN4O2/c1-2-19(26)23-16-7-5-8-17(10-16)24-20(27)15-11-22-25(13-15)12-14-6-3-4-9-18(14)21/h3-11,13H,2,12H2,1H3,(H,23,26)(H,24,27). The molecule has 0 spiro atoms. The van der Waals surface area contributed by atoms with Gasteiger partial charge in [0.25, 0.3) is 5.91 Å². The van der Waals surface area contributed by atoms with E-state index in [1.165, 1.54) is 6.20 Å². The largest absolute Gasteiger partial charge is 0.326 e. The van der Waals surface area contributed by atoms with Gasteiger partial charge in [-0.15, -0.1) is 0 Å². The second-order valence-electron chi connectivity index (χ2n) is 5.95. The molecule has 2 amide bonds. The Kier molecular flexibility index (Phi) is 5.88. The van der Waals surface area contributed by atoms with Crippen molar-refractivity contribution in [3.05, 3.63) is 77.1 Å². The zero-order valence-electron chi connectivity index (χ0n) is 14.8. The Morgan fingerprint density at radius 3 is 2.56 bits per heavy atom. The van der Waals surface area contributed by atoms with E-state index in [-0.39, 0.29) is 11.8 Å². The van der Waals surface area contributed by atoms with Gasteiger partial charge in [0, 0.05) is 29.0 Å². The molecule has 0 bridgehead atoms. The summed E-state index contributed by atoms with van der Waals surface area (Å²) in [5, 5.41) is 10.5. The highest BCUT2D eigenvalue weighted by Crippen LogP contribution is 2.18. The van der Waals surface area contributed by atoms with Gasteiger partial charge in [0.1, 0.15) is 0 Å². The maximum atomic E-state index is 12.5. The van der Waals surface area contributed by atoms with E-state index in [1.54, 1.807) is 42.1 Å². The molecular weight excluding hydrogens is 364 g/mol. The average Bonchev–Trinajstić information content (AvgIpc) is 3.12. The van der Waals surface area contributed by atoms with E-state index in [0.29, 0.717) is 34.9 Å². The summed E-state index contributed by atoms with van der Waals surface area (Å²) in [7, 11) is 0. The Morgan fingerprint density at radius 1 is 1.07 bits per heavy atom. The first-order valence-electron chi connectivity index (χ1n) is 8.52. The predicted octanol–water partition coefficient (Wildman–Crippen LogP) is 4.19. The van der Waals surface area contributed by atoms with Crippen LogP contribution in [-0.4, -0.2) is 21.6 Å². The van der Waals surface area contributed by atoms with Crippen molar-refractivity contribution in [3.63, 3.8) is 0 Å². The number of amides is 2. The summed E-state index contributed by atoms with van der Waals surface area (Å²) in [4.78, 5) is 24.0. The zero-order chi connectivity index (χ0) is 19.2. The number of nitrogens with zero attached hydrogens (tertiary/aromatic N) is 2. The molecule has 7 heteroatoms. The highest BCUT2D eigenvalue weighted by atomic mass is 35.5. The minimum atomic E-state index is -0.278. The van der Waals surface area contributed by atoms with Crippen LogP contribution in [0.25, 0.3) is 0 Å². The lowest BCUT2D eigenvalue weighted by molar-refractivity contribution is -0.115. The molecule has 0 radical (unpaired) electrons. The van der Waals surface area contributed by atoms with Gasteiger partial charge in [0.15, 0.2) is 0 Å². The topological polar surface area (TPSA) is 76.0 Å². The number of nitrogens with one attached hydrogen (secondary N) is 2. The van der Waals surface area contributed by atoms with E-state index in [4.69, 9.17) is 11.6 Å². The fourth-order valence-electron chi connectivity index (χ4n) is 2.50. The minimum Gasteiger partial charge on any atom is -0.326 e. The first kappa shape index (κ1) is 18.7. The molecule has 0 fully saturated rings. The molecule has 3 rings (SSSR count). The highest BCUT2D eigenvalue weighted by molar-refractivity contribution is 6.31. The molecule has 2 aromatic carbocycles. The van der Waals surface area contributed by atoms with Crippen LogP contribution < -0.4 is 10.6 Å². The number of benzene rings is 2. The van der Waals surface area contributed by atoms with Crippen molar-refractivity contribution in [3.8, 4) is 0 Å². The molecule has 138 valence electrons. The Balaban J connectivity index is 1.67. The van der Waals surface area contributed by atoms with Gasteiger partial charge in [-0.25, -0.2) is 0 Å². The zero-order valence-corrected chi connectivity index (χ0v) is 15.5. The Hall–Kier alpha value is -3.12. The minimum absolute atomic E-state index is 0.0840. The number of hydrogen-bond acceptors (Lipinski definition) is 3. The molecular formula is C20H19ClN4O2. The maximum absolute atomic E-state index is 12.5. The average molecular weight is 383 g/mol. The van der Waals surface area contributed by atoms with Gasteiger partial charge in [-0.3, -0.25) is 14.3 Å². The van der Waals surface area contributed by atoms with Crippen LogP contribution in [0, 0.1) is 0 Å². The number of carbonyl (C=O) groups excluding carboxylic acids is 2. The van der Waals surface area contributed by atoms with E-state index in [9.17, 15) is 9.59 Å². The van der Waals surface area contributed by atoms with Crippen molar-refractivity contribution in [1.29, 1.82) is 0 Å². The molecule has 1 heterocycles. The Bertz CT molecular complexity index is 968. The fraction of sp³-hybridized carbons (Fsp3) is 0.150. The van der Waals surface area contributed by atoms with Crippen molar-refractivity contribution < 1.29 is 9.59 Å². The number of aromatic nitrogens is 2. The molecule has 0 saturated heterocycles. The third-order valence-corrected chi connectivity index (χ3v) is 4.28. The lowest BCUT2D eigenvalue weighted by Crippen LogP contribution is -2.13. The van der Waals surface area contributed by atoms with Gasteiger partial charge in [0.05, 0.1) is 18.3 Å². The smallest absolute Gasteiger partial charge is 0.258 e. The van der Waals surface area contributed by atoms with Crippen LogP contribution in [0.15, 0.2) is 60.9 Å². The van der Waals surface area contributed by atoms with Crippen molar-refractivity contribution in [2.45, 2.75) is 19.9 Å². The molecule has 2 N–H and O–H groups in total. The normalized spacial score (nSPS) is 10.4. The van der Waals surface area contributed by atoms with Crippen LogP contribution in [-0.2, 0) is 11.3 Å². The fourth-order valence-corrected chi connectivity index (χ4v) is 2.69. The van der Waals surface area contributed by atoms with Gasteiger partial charge < -0.3 is 10.6 Å². The second-order valence-corrected chi connectivity index (χ2v) is 6.36. The van der Waals surface area contributed by atoms with Crippen molar-refractivity contribution >= 4 is 34.8 Å². The molecule has 0 saturated carbocycles. The first-order chi connectivity index (χ1) is 13.0. The monoisotopic (exact) mass is 382 g/mol. The molecule has 0 aliphatic heterocycles. The first-order valence-corrected chi connectivity index (χ1v) is 8.90. The van der Waals surface area contributed by atoms with E-state index >= 15 is 0 Å². The number of carbonyl (C=O) groups is 2. The Labute approximate surface area is 162 Å². The van der Waals surface area contributed by atoms with E-state index < -0.39 is 0 Å². The molecule has 1 aromatic heterocycles. The highest BCUT2D eigenvalue weighted by Gasteiger charge is 2.11. The van der Waals surface area contributed by atoms with Gasteiger partial charge in [-0.05, 0) is 29.8 Å². The number of hydrogen-bond donors (Lipinski definition) is 2. The lowest BCUT2D eigenvalue weighted by atomic mass is 10.2. The summed E-state index contributed by atoms with van der Waals surface area (Å²) in [5.74, 6) is -0.362. The van der Waals surface area contributed by atoms with Gasteiger partial charge in [-0.1, -0.05) is 42.8 Å². The summed E-state index contributed by atoms with van der Waals surface area (Å²) < 4.78 is 1.66. The Morgan fingerprint density at radius 2 is 1.81 bits per heavy atom. The van der Waals surface area contributed by atoms with Gasteiger partial charge >= 0.3 is 0 Å². The summed E-state index contributed by atoms with van der Waals surface area (Å²) in [6, 6.07) is 14.5. The van der Waals surface area contributed by atoms with Crippen molar-refractivity contribution in [2.24, 2.45) is 0 Å². The molecule has 0 aliphatic rings. The van der Waals surface area contributed by atoms with Crippen LogP contribution in [0.2, 0.25) is 5.02 Å². The SMILES string of the molecule is CCC(=O)Nc1cccc(NC(=O)c2cnn(Cc3ccccc3Cl)c2)c1. The van der Waals surface area contributed by atoms with Crippen LogP contribution in [0.3, 0.4) is 0 Å². The quantitative estimate of drug-likeness (QED) is 0.671. The third kappa shape index (κ3) is 4.95. The summed E-state index contributed by atoms with van der Waals surface area (Å²) in [6.45, 7) is 2.26. The summed E-state index contributed by atoms with van der Waals surface area (Å²) in [6.07, 6.45) is 3.57. The second kappa shape index (κ2) is 8.51. The molecule has 0 unspecified atom stereocenters. The van der Waals surface area contributed by atoms with Crippen LogP contribution in [0.4, 0.5) is 11.4 Å².